The molecule has 0 saturated heterocycles. The lowest BCUT2D eigenvalue weighted by molar-refractivity contribution is -0.131. The number of fused-ring (bicyclic) bond motifs is 2. The van der Waals surface area contributed by atoms with Crippen LogP contribution in [0.4, 0.5) is 0 Å². The van der Waals surface area contributed by atoms with Crippen molar-refractivity contribution in [3.63, 3.8) is 0 Å². The first-order valence-electron chi connectivity index (χ1n) is 16.0. The number of nitrogens with one attached hydrogen (secondary N) is 3. The van der Waals surface area contributed by atoms with Gasteiger partial charge in [-0.25, -0.2) is 4.79 Å². The third-order valence-corrected chi connectivity index (χ3v) is 9.18. The number of esters is 1. The van der Waals surface area contributed by atoms with Gasteiger partial charge in [0.1, 0.15) is 5.75 Å². The second kappa shape index (κ2) is 13.0. The first-order valence-corrected chi connectivity index (χ1v) is 16.0. The molecule has 1 atom stereocenters. The van der Waals surface area contributed by atoms with Crippen molar-refractivity contribution < 1.29 is 19.1 Å². The molecule has 0 bridgehead atoms. The zero-order valence-electron chi connectivity index (χ0n) is 25.8. The summed E-state index contributed by atoms with van der Waals surface area (Å²) >= 11 is 0. The van der Waals surface area contributed by atoms with Crippen molar-refractivity contribution in [3.05, 3.63) is 137 Å². The van der Waals surface area contributed by atoms with Crippen LogP contribution in [0.1, 0.15) is 76.7 Å². The fourth-order valence-electron chi connectivity index (χ4n) is 6.75. The summed E-state index contributed by atoms with van der Waals surface area (Å²) < 4.78 is 11.3. The van der Waals surface area contributed by atoms with E-state index in [2.05, 4.69) is 64.1 Å². The van der Waals surface area contributed by atoms with Gasteiger partial charge in [-0.1, -0.05) is 79.9 Å². The van der Waals surface area contributed by atoms with E-state index in [9.17, 15) is 9.59 Å². The Labute approximate surface area is 267 Å². The number of hydrogen-bond acceptors (Lipinski definition) is 4. The highest BCUT2D eigenvalue weighted by molar-refractivity contribution is 5.93. The number of aromatic amines is 2. The second-order valence-electron chi connectivity index (χ2n) is 12.0. The molecule has 1 aliphatic rings. The molecule has 4 aromatic carbocycles. The van der Waals surface area contributed by atoms with Gasteiger partial charge < -0.3 is 24.8 Å². The smallest absolute Gasteiger partial charge is 0.339 e. The minimum absolute atomic E-state index is 0.0888. The molecule has 2 aromatic heterocycles. The van der Waals surface area contributed by atoms with Gasteiger partial charge in [0.05, 0.1) is 12.7 Å². The first-order chi connectivity index (χ1) is 22.6. The normalized spacial score (nSPS) is 14.4. The van der Waals surface area contributed by atoms with E-state index in [1.54, 1.807) is 43.5 Å². The standard InChI is InChI=1S/C39H37N3O4/c1-45-29-21-19-26(20-22-29)37(38(43)42-28-9-3-2-4-10-28)46-39(44)27-17-15-25(16-18-27)36(32-23-40-34-13-7-5-11-30(32)34)33-24-41-35-14-8-6-12-31(33)35/h5-8,11-24,28,36-37,40-41H,2-4,9-10H2,1H3,(H,42,43). The van der Waals surface area contributed by atoms with Crippen LogP contribution in [-0.4, -0.2) is 35.0 Å². The molecule has 46 heavy (non-hydrogen) atoms. The zero-order valence-corrected chi connectivity index (χ0v) is 25.8. The molecule has 0 spiro atoms. The van der Waals surface area contributed by atoms with Gasteiger partial charge in [0.15, 0.2) is 0 Å². The maximum Gasteiger partial charge on any atom is 0.339 e. The predicted octanol–water partition coefficient (Wildman–Crippen LogP) is 8.19. The molecule has 6 aromatic rings. The first kappa shape index (κ1) is 29.4. The van der Waals surface area contributed by atoms with E-state index in [1.165, 1.54) is 6.42 Å². The third-order valence-electron chi connectivity index (χ3n) is 9.18. The van der Waals surface area contributed by atoms with Crippen LogP contribution in [0.5, 0.6) is 5.75 Å². The lowest BCUT2D eigenvalue weighted by Crippen LogP contribution is -2.40. The summed E-state index contributed by atoms with van der Waals surface area (Å²) in [5.41, 5.74) is 6.44. The van der Waals surface area contributed by atoms with Crippen molar-refractivity contribution in [2.75, 3.05) is 7.11 Å². The molecule has 7 rings (SSSR count). The number of H-pyrrole nitrogens is 2. The SMILES string of the molecule is COc1ccc(C(OC(=O)c2ccc(C(c3c[nH]c4ccccc34)c3c[nH]c4ccccc34)cc2)C(=O)NC2CCCCC2)cc1. The Morgan fingerprint density at radius 3 is 1.87 bits per heavy atom. The van der Waals surface area contributed by atoms with Crippen molar-refractivity contribution in [2.45, 2.75) is 50.2 Å². The molecule has 1 aliphatic carbocycles. The van der Waals surface area contributed by atoms with Crippen LogP contribution < -0.4 is 10.1 Å². The van der Waals surface area contributed by atoms with Crippen LogP contribution in [0.15, 0.2) is 109 Å². The fourth-order valence-corrected chi connectivity index (χ4v) is 6.75. The van der Waals surface area contributed by atoms with E-state index in [-0.39, 0.29) is 17.9 Å². The Hall–Kier alpha value is -5.30. The third kappa shape index (κ3) is 5.88. The van der Waals surface area contributed by atoms with Crippen LogP contribution in [0, 0.1) is 0 Å². The minimum atomic E-state index is -1.08. The highest BCUT2D eigenvalue weighted by Gasteiger charge is 2.29. The number of methoxy groups -OCH3 is 1. The van der Waals surface area contributed by atoms with Crippen molar-refractivity contribution >= 4 is 33.7 Å². The molecule has 1 fully saturated rings. The van der Waals surface area contributed by atoms with E-state index in [0.29, 0.717) is 16.9 Å². The van der Waals surface area contributed by atoms with Gasteiger partial charge in [-0.15, -0.1) is 0 Å². The number of amides is 1. The summed E-state index contributed by atoms with van der Waals surface area (Å²) in [5, 5.41) is 5.43. The molecule has 7 nitrogen and oxygen atoms in total. The number of para-hydroxylation sites is 2. The van der Waals surface area contributed by atoms with Gasteiger partial charge in [-0.3, -0.25) is 4.79 Å². The predicted molar refractivity (Wildman–Crippen MR) is 180 cm³/mol. The Morgan fingerprint density at radius 1 is 0.717 bits per heavy atom. The largest absolute Gasteiger partial charge is 0.497 e. The molecule has 0 radical (unpaired) electrons. The van der Waals surface area contributed by atoms with E-state index >= 15 is 0 Å². The van der Waals surface area contributed by atoms with Crippen LogP contribution in [-0.2, 0) is 9.53 Å². The van der Waals surface area contributed by atoms with Crippen molar-refractivity contribution in [2.24, 2.45) is 0 Å². The zero-order chi connectivity index (χ0) is 31.5. The van der Waals surface area contributed by atoms with Crippen LogP contribution in [0.3, 0.4) is 0 Å². The van der Waals surface area contributed by atoms with E-state index in [0.717, 1.165) is 64.2 Å². The molecule has 1 saturated carbocycles. The van der Waals surface area contributed by atoms with Gasteiger partial charge in [0, 0.05) is 51.7 Å². The van der Waals surface area contributed by atoms with Crippen molar-refractivity contribution in [1.29, 1.82) is 0 Å². The molecule has 232 valence electrons. The van der Waals surface area contributed by atoms with E-state index in [1.807, 2.05) is 24.3 Å². The van der Waals surface area contributed by atoms with Gasteiger partial charge in [0.2, 0.25) is 6.10 Å². The summed E-state index contributed by atoms with van der Waals surface area (Å²) in [7, 11) is 1.59. The van der Waals surface area contributed by atoms with Gasteiger partial charge >= 0.3 is 5.97 Å². The van der Waals surface area contributed by atoms with Crippen LogP contribution >= 0.6 is 0 Å². The van der Waals surface area contributed by atoms with Gasteiger partial charge in [-0.05, 0) is 65.9 Å². The number of ether oxygens (including phenoxy) is 2. The Balaban J connectivity index is 1.19. The van der Waals surface area contributed by atoms with Crippen LogP contribution in [0.25, 0.3) is 21.8 Å². The molecule has 7 heteroatoms. The highest BCUT2D eigenvalue weighted by Crippen LogP contribution is 2.39. The summed E-state index contributed by atoms with van der Waals surface area (Å²) in [6.07, 6.45) is 8.29. The number of aromatic nitrogens is 2. The molecular formula is C39H37N3O4. The molecule has 0 aliphatic heterocycles. The fraction of sp³-hybridized carbons (Fsp3) is 0.231. The van der Waals surface area contributed by atoms with Crippen LogP contribution in [0.2, 0.25) is 0 Å². The average Bonchev–Trinajstić information content (AvgIpc) is 3.73. The number of benzene rings is 4. The monoisotopic (exact) mass is 611 g/mol. The lowest BCUT2D eigenvalue weighted by Gasteiger charge is -2.26. The molecular weight excluding hydrogens is 574 g/mol. The lowest BCUT2D eigenvalue weighted by atomic mass is 9.84. The summed E-state index contributed by atoms with van der Waals surface area (Å²) in [6.45, 7) is 0. The topological polar surface area (TPSA) is 96.2 Å². The van der Waals surface area contributed by atoms with Gasteiger partial charge in [0.25, 0.3) is 5.91 Å². The number of carbonyl (C=O) groups excluding carboxylic acids is 2. The van der Waals surface area contributed by atoms with E-state index in [4.69, 9.17) is 9.47 Å². The maximum atomic E-state index is 13.6. The molecule has 3 N–H and O–H groups in total. The quantitative estimate of drug-likeness (QED) is 0.144. The van der Waals surface area contributed by atoms with Gasteiger partial charge in [-0.2, -0.15) is 0 Å². The Kier molecular flexibility index (Phi) is 8.30. The number of carbonyl (C=O) groups is 2. The minimum Gasteiger partial charge on any atom is -0.497 e. The van der Waals surface area contributed by atoms with Crippen molar-refractivity contribution in [3.8, 4) is 5.75 Å². The van der Waals surface area contributed by atoms with E-state index < -0.39 is 12.1 Å². The Bertz CT molecular complexity index is 1890. The number of hydrogen-bond donors (Lipinski definition) is 3. The molecule has 2 heterocycles. The molecule has 1 amide bonds. The average molecular weight is 612 g/mol. The van der Waals surface area contributed by atoms with Crippen molar-refractivity contribution in [1.82, 2.24) is 15.3 Å². The second-order valence-corrected chi connectivity index (χ2v) is 12.0. The maximum absolute atomic E-state index is 13.6. The summed E-state index contributed by atoms with van der Waals surface area (Å²) in [5.74, 6) is -0.287. The number of rotatable bonds is 9. The Morgan fingerprint density at radius 2 is 1.28 bits per heavy atom. The highest BCUT2D eigenvalue weighted by atomic mass is 16.5. The molecule has 1 unspecified atom stereocenters. The summed E-state index contributed by atoms with van der Waals surface area (Å²) in [6, 6.07) is 31.3. The summed E-state index contributed by atoms with van der Waals surface area (Å²) in [4.78, 5) is 34.0.